The first kappa shape index (κ1) is 19.5. The fourth-order valence-corrected chi connectivity index (χ4v) is 4.04. The van der Waals surface area contributed by atoms with Crippen LogP contribution in [0.25, 0.3) is 10.4 Å². The van der Waals surface area contributed by atoms with Gasteiger partial charge in [0.25, 0.3) is 5.91 Å². The minimum absolute atomic E-state index is 0.0136. The summed E-state index contributed by atoms with van der Waals surface area (Å²) in [6.07, 6.45) is 0. The van der Waals surface area contributed by atoms with Crippen LogP contribution in [0.3, 0.4) is 0 Å². The molecule has 0 atom stereocenters. The molecule has 0 radical (unpaired) electrons. The van der Waals surface area contributed by atoms with Crippen molar-refractivity contribution in [2.24, 2.45) is 0 Å². The first-order chi connectivity index (χ1) is 12.9. The van der Waals surface area contributed by atoms with Crippen molar-refractivity contribution < 1.29 is 14.0 Å². The maximum Gasteiger partial charge on any atom is 0.264 e. The molecule has 5 nitrogen and oxygen atoms in total. The maximum absolute atomic E-state index is 13.1. The molecular formula is C20H24FN3O2S. The van der Waals surface area contributed by atoms with Gasteiger partial charge in [-0.25, -0.2) is 4.39 Å². The summed E-state index contributed by atoms with van der Waals surface area (Å²) in [5.41, 5.74) is 0.904. The van der Waals surface area contributed by atoms with E-state index in [1.54, 1.807) is 12.1 Å². The van der Waals surface area contributed by atoms with E-state index in [4.69, 9.17) is 0 Å². The Balaban J connectivity index is 1.55. The van der Waals surface area contributed by atoms with Crippen LogP contribution in [-0.2, 0) is 4.79 Å². The summed E-state index contributed by atoms with van der Waals surface area (Å²) in [7, 11) is 0. The average molecular weight is 389 g/mol. The van der Waals surface area contributed by atoms with Crippen molar-refractivity contribution in [2.75, 3.05) is 32.7 Å². The number of nitrogens with zero attached hydrogens (tertiary/aromatic N) is 2. The van der Waals surface area contributed by atoms with Crippen LogP contribution in [0.4, 0.5) is 4.39 Å². The van der Waals surface area contributed by atoms with Gasteiger partial charge < -0.3 is 10.2 Å². The van der Waals surface area contributed by atoms with E-state index in [9.17, 15) is 14.0 Å². The van der Waals surface area contributed by atoms with E-state index in [1.165, 1.54) is 23.5 Å². The Morgan fingerprint density at radius 1 is 1.07 bits per heavy atom. The van der Waals surface area contributed by atoms with Crippen LogP contribution < -0.4 is 5.32 Å². The van der Waals surface area contributed by atoms with E-state index in [0.29, 0.717) is 37.6 Å². The monoisotopic (exact) mass is 389 g/mol. The number of carbonyl (C=O) groups excluding carboxylic acids is 2. The molecule has 3 rings (SSSR count). The molecule has 144 valence electrons. The van der Waals surface area contributed by atoms with Crippen LogP contribution in [0.5, 0.6) is 0 Å². The summed E-state index contributed by atoms with van der Waals surface area (Å²) in [5, 5.41) is 2.89. The summed E-state index contributed by atoms with van der Waals surface area (Å²) in [6.45, 7) is 6.84. The van der Waals surface area contributed by atoms with Gasteiger partial charge in [0, 0.05) is 37.1 Å². The van der Waals surface area contributed by atoms with Gasteiger partial charge >= 0.3 is 0 Å². The quantitative estimate of drug-likeness (QED) is 0.856. The Morgan fingerprint density at radius 2 is 1.74 bits per heavy atom. The fourth-order valence-electron chi connectivity index (χ4n) is 3.06. The fraction of sp³-hybridized carbons (Fsp3) is 0.400. The molecule has 0 unspecified atom stereocenters. The normalized spacial score (nSPS) is 15.2. The van der Waals surface area contributed by atoms with Crippen molar-refractivity contribution in [2.45, 2.75) is 19.9 Å². The van der Waals surface area contributed by atoms with Crippen LogP contribution in [0.1, 0.15) is 23.5 Å². The zero-order valence-corrected chi connectivity index (χ0v) is 16.4. The lowest BCUT2D eigenvalue weighted by Gasteiger charge is -2.34. The zero-order chi connectivity index (χ0) is 19.4. The number of rotatable bonds is 5. The molecule has 0 bridgehead atoms. The second-order valence-electron chi connectivity index (χ2n) is 6.96. The second-order valence-corrected chi connectivity index (χ2v) is 8.05. The van der Waals surface area contributed by atoms with Gasteiger partial charge in [0.1, 0.15) is 5.82 Å². The third kappa shape index (κ3) is 5.14. The van der Waals surface area contributed by atoms with Gasteiger partial charge in [-0.15, -0.1) is 11.3 Å². The van der Waals surface area contributed by atoms with Crippen LogP contribution >= 0.6 is 11.3 Å². The number of thiophene rings is 1. The highest BCUT2D eigenvalue weighted by Crippen LogP contribution is 2.29. The van der Waals surface area contributed by atoms with E-state index in [0.717, 1.165) is 10.4 Å². The number of benzene rings is 1. The lowest BCUT2D eigenvalue weighted by Crippen LogP contribution is -2.51. The van der Waals surface area contributed by atoms with Crippen molar-refractivity contribution in [1.29, 1.82) is 0 Å². The van der Waals surface area contributed by atoms with Crippen molar-refractivity contribution in [3.63, 3.8) is 0 Å². The molecule has 1 aliphatic rings. The summed E-state index contributed by atoms with van der Waals surface area (Å²) in [5.74, 6) is -0.238. The summed E-state index contributed by atoms with van der Waals surface area (Å²) < 4.78 is 13.1. The zero-order valence-electron chi connectivity index (χ0n) is 15.6. The van der Waals surface area contributed by atoms with Crippen molar-refractivity contribution >= 4 is 23.2 Å². The SMILES string of the molecule is CC(C)NC(=O)CN1CCN(C(=O)c2ccc(-c3ccc(F)cc3)s2)CC1. The van der Waals surface area contributed by atoms with Gasteiger partial charge in [-0.3, -0.25) is 14.5 Å². The summed E-state index contributed by atoms with van der Waals surface area (Å²) in [6, 6.07) is 10.1. The molecular weight excluding hydrogens is 365 g/mol. The Labute approximate surface area is 162 Å². The topological polar surface area (TPSA) is 52.7 Å². The molecule has 2 heterocycles. The maximum atomic E-state index is 13.1. The second kappa shape index (κ2) is 8.63. The van der Waals surface area contributed by atoms with Crippen LogP contribution in [0.15, 0.2) is 36.4 Å². The van der Waals surface area contributed by atoms with Gasteiger partial charge in [0.2, 0.25) is 5.91 Å². The molecule has 0 aliphatic carbocycles. The molecule has 7 heteroatoms. The van der Waals surface area contributed by atoms with Crippen LogP contribution in [0, 0.1) is 5.82 Å². The lowest BCUT2D eigenvalue weighted by molar-refractivity contribution is -0.123. The molecule has 0 saturated carbocycles. The van der Waals surface area contributed by atoms with Gasteiger partial charge in [-0.05, 0) is 43.7 Å². The molecule has 27 heavy (non-hydrogen) atoms. The number of hydrogen-bond donors (Lipinski definition) is 1. The predicted molar refractivity (Wildman–Crippen MR) is 105 cm³/mol. The first-order valence-corrected chi connectivity index (χ1v) is 9.91. The van der Waals surface area contributed by atoms with Crippen molar-refractivity contribution in [1.82, 2.24) is 15.1 Å². The minimum Gasteiger partial charge on any atom is -0.353 e. The predicted octanol–water partition coefficient (Wildman–Crippen LogP) is 2.84. The van der Waals surface area contributed by atoms with Crippen molar-refractivity contribution in [3.05, 3.63) is 47.1 Å². The minimum atomic E-state index is -0.272. The van der Waals surface area contributed by atoms with Gasteiger partial charge in [0.15, 0.2) is 0 Å². The Bertz CT molecular complexity index is 796. The largest absolute Gasteiger partial charge is 0.353 e. The van der Waals surface area contributed by atoms with E-state index in [-0.39, 0.29) is 23.7 Å². The number of carbonyl (C=O) groups is 2. The third-order valence-corrected chi connectivity index (χ3v) is 5.54. The Hall–Kier alpha value is -2.25. The van der Waals surface area contributed by atoms with E-state index < -0.39 is 0 Å². The Morgan fingerprint density at radius 3 is 2.37 bits per heavy atom. The molecule has 0 spiro atoms. The van der Waals surface area contributed by atoms with Gasteiger partial charge in [0.05, 0.1) is 11.4 Å². The number of piperazine rings is 1. The lowest BCUT2D eigenvalue weighted by atomic mass is 10.2. The summed E-state index contributed by atoms with van der Waals surface area (Å²) in [4.78, 5) is 30.1. The molecule has 1 aromatic heterocycles. The van der Waals surface area contributed by atoms with Crippen LogP contribution in [-0.4, -0.2) is 60.4 Å². The van der Waals surface area contributed by atoms with E-state index >= 15 is 0 Å². The van der Waals surface area contributed by atoms with Crippen LogP contribution in [0.2, 0.25) is 0 Å². The number of halogens is 1. The van der Waals surface area contributed by atoms with Gasteiger partial charge in [-0.1, -0.05) is 12.1 Å². The highest BCUT2D eigenvalue weighted by Gasteiger charge is 2.24. The van der Waals surface area contributed by atoms with Crippen molar-refractivity contribution in [3.8, 4) is 10.4 Å². The summed E-state index contributed by atoms with van der Waals surface area (Å²) >= 11 is 1.42. The molecule has 2 aromatic rings. The highest BCUT2D eigenvalue weighted by atomic mass is 32.1. The third-order valence-electron chi connectivity index (χ3n) is 4.42. The van der Waals surface area contributed by atoms with Gasteiger partial charge in [-0.2, -0.15) is 0 Å². The smallest absolute Gasteiger partial charge is 0.264 e. The molecule has 1 aliphatic heterocycles. The molecule has 1 fully saturated rings. The molecule has 1 aromatic carbocycles. The highest BCUT2D eigenvalue weighted by molar-refractivity contribution is 7.17. The molecule has 1 N–H and O–H groups in total. The van der Waals surface area contributed by atoms with E-state index in [1.807, 2.05) is 30.9 Å². The van der Waals surface area contributed by atoms with E-state index in [2.05, 4.69) is 10.2 Å². The Kier molecular flexibility index (Phi) is 6.23. The first-order valence-electron chi connectivity index (χ1n) is 9.09. The number of nitrogens with one attached hydrogen (secondary N) is 1. The average Bonchev–Trinajstić information content (AvgIpc) is 3.12. The number of hydrogen-bond acceptors (Lipinski definition) is 4. The standard InChI is InChI=1S/C20H24FN3O2S/c1-14(2)22-19(25)13-23-9-11-24(12-10-23)20(26)18-8-7-17(27-18)15-3-5-16(21)6-4-15/h3-8,14H,9-13H2,1-2H3,(H,22,25). The molecule has 2 amide bonds. The molecule has 1 saturated heterocycles. The number of amides is 2.